The van der Waals surface area contributed by atoms with Gasteiger partial charge in [0.15, 0.2) is 0 Å². The molecule has 0 aliphatic rings. The fourth-order valence-electron chi connectivity index (χ4n) is 1.29. The minimum absolute atomic E-state index is 0.100. The summed E-state index contributed by atoms with van der Waals surface area (Å²) in [5.41, 5.74) is 7.19. The Morgan fingerprint density at radius 2 is 2.25 bits per heavy atom. The first-order valence-corrected chi connectivity index (χ1v) is 6.42. The zero-order chi connectivity index (χ0) is 12.0. The number of amides is 1. The summed E-state index contributed by atoms with van der Waals surface area (Å²) in [5.74, 6) is 0.969. The normalized spacial score (nSPS) is 10.1. The Labute approximate surface area is 101 Å². The van der Waals surface area contributed by atoms with Crippen molar-refractivity contribution in [3.8, 4) is 0 Å². The van der Waals surface area contributed by atoms with E-state index in [2.05, 4.69) is 12.2 Å². The van der Waals surface area contributed by atoms with E-state index in [4.69, 9.17) is 5.73 Å². The summed E-state index contributed by atoms with van der Waals surface area (Å²) in [6.45, 7) is 2.17. The van der Waals surface area contributed by atoms with Gasteiger partial charge in [-0.25, -0.2) is 0 Å². The van der Waals surface area contributed by atoms with Gasteiger partial charge in [-0.1, -0.05) is 13.3 Å². The lowest BCUT2D eigenvalue weighted by molar-refractivity contribution is 0.0963. The lowest BCUT2D eigenvalue weighted by atomic mass is 10.2. The number of nitrogen functional groups attached to an aromatic ring is 1. The largest absolute Gasteiger partial charge is 0.398 e. The Kier molecular flexibility index (Phi) is 5.19. The van der Waals surface area contributed by atoms with Gasteiger partial charge in [0.1, 0.15) is 0 Å². The third-order valence-corrected chi connectivity index (χ3v) is 3.43. The van der Waals surface area contributed by atoms with E-state index in [0.717, 1.165) is 10.6 Å². The molecular formula is C12H18N2OS. The molecule has 0 atom stereocenters. The number of hydrogen-bond donors (Lipinski definition) is 2. The summed E-state index contributed by atoms with van der Waals surface area (Å²) in [7, 11) is 1.61. The standard InChI is InChI=1S/C12H18N2OS/c1-3-4-7-16-11-6-5-9(8-10(11)13)12(15)14-2/h5-6,8H,3-4,7,13H2,1-2H3,(H,14,15). The molecule has 16 heavy (non-hydrogen) atoms. The molecule has 4 heteroatoms. The van der Waals surface area contributed by atoms with E-state index in [1.165, 1.54) is 12.8 Å². The van der Waals surface area contributed by atoms with E-state index in [1.54, 1.807) is 24.9 Å². The molecule has 0 unspecified atom stereocenters. The first-order chi connectivity index (χ1) is 7.69. The Bertz CT molecular complexity index is 366. The van der Waals surface area contributed by atoms with E-state index in [0.29, 0.717) is 11.3 Å². The molecule has 3 nitrogen and oxygen atoms in total. The number of unbranched alkanes of at least 4 members (excludes halogenated alkanes) is 1. The monoisotopic (exact) mass is 238 g/mol. The van der Waals surface area contributed by atoms with Gasteiger partial charge in [-0.3, -0.25) is 4.79 Å². The summed E-state index contributed by atoms with van der Waals surface area (Å²) < 4.78 is 0. The van der Waals surface area contributed by atoms with Crippen LogP contribution in [-0.4, -0.2) is 18.7 Å². The Morgan fingerprint density at radius 3 is 2.81 bits per heavy atom. The molecule has 1 aromatic rings. The first-order valence-electron chi connectivity index (χ1n) is 5.43. The molecule has 0 aromatic heterocycles. The van der Waals surface area contributed by atoms with Crippen LogP contribution in [0, 0.1) is 0 Å². The molecular weight excluding hydrogens is 220 g/mol. The summed E-state index contributed by atoms with van der Waals surface area (Å²) in [5, 5.41) is 2.58. The number of carbonyl (C=O) groups is 1. The molecule has 1 amide bonds. The van der Waals surface area contributed by atoms with Crippen molar-refractivity contribution in [3.63, 3.8) is 0 Å². The minimum atomic E-state index is -0.100. The number of hydrogen-bond acceptors (Lipinski definition) is 3. The van der Waals surface area contributed by atoms with Crippen molar-refractivity contribution in [3.05, 3.63) is 23.8 Å². The fourth-order valence-corrected chi connectivity index (χ4v) is 2.33. The molecule has 0 fully saturated rings. The molecule has 0 heterocycles. The maximum atomic E-state index is 11.4. The highest BCUT2D eigenvalue weighted by Crippen LogP contribution is 2.26. The van der Waals surface area contributed by atoms with Crippen molar-refractivity contribution in [1.82, 2.24) is 5.32 Å². The van der Waals surface area contributed by atoms with E-state index in [-0.39, 0.29) is 5.91 Å². The fraction of sp³-hybridized carbons (Fsp3) is 0.417. The van der Waals surface area contributed by atoms with E-state index >= 15 is 0 Å². The van der Waals surface area contributed by atoms with Crippen LogP contribution < -0.4 is 11.1 Å². The van der Waals surface area contributed by atoms with Crippen molar-refractivity contribution in [2.45, 2.75) is 24.7 Å². The van der Waals surface area contributed by atoms with Crippen LogP contribution in [0.2, 0.25) is 0 Å². The van der Waals surface area contributed by atoms with E-state index in [9.17, 15) is 4.79 Å². The lowest BCUT2D eigenvalue weighted by Crippen LogP contribution is -2.17. The van der Waals surface area contributed by atoms with Crippen LogP contribution in [0.15, 0.2) is 23.1 Å². The predicted octanol–water partition coefficient (Wildman–Crippen LogP) is 2.52. The second-order valence-corrected chi connectivity index (χ2v) is 4.67. The Morgan fingerprint density at radius 1 is 1.50 bits per heavy atom. The summed E-state index contributed by atoms with van der Waals surface area (Å²) in [6.07, 6.45) is 2.37. The smallest absolute Gasteiger partial charge is 0.251 e. The average Bonchev–Trinajstić information content (AvgIpc) is 2.30. The molecule has 0 aliphatic heterocycles. The van der Waals surface area contributed by atoms with Gasteiger partial charge in [0.2, 0.25) is 0 Å². The highest BCUT2D eigenvalue weighted by Gasteiger charge is 2.06. The van der Waals surface area contributed by atoms with Gasteiger partial charge in [-0.05, 0) is 30.4 Å². The molecule has 0 spiro atoms. The maximum absolute atomic E-state index is 11.4. The molecule has 88 valence electrons. The van der Waals surface area contributed by atoms with E-state index in [1.807, 2.05) is 12.1 Å². The van der Waals surface area contributed by atoms with Crippen LogP contribution in [0.3, 0.4) is 0 Å². The number of benzene rings is 1. The Hall–Kier alpha value is -1.16. The van der Waals surface area contributed by atoms with Crippen LogP contribution >= 0.6 is 11.8 Å². The number of thioether (sulfide) groups is 1. The molecule has 0 saturated carbocycles. The molecule has 1 aromatic carbocycles. The molecule has 1 rings (SSSR count). The van der Waals surface area contributed by atoms with Crippen molar-refractivity contribution < 1.29 is 4.79 Å². The summed E-state index contributed by atoms with van der Waals surface area (Å²) >= 11 is 1.74. The van der Waals surface area contributed by atoms with Gasteiger partial charge >= 0.3 is 0 Å². The van der Waals surface area contributed by atoms with Crippen LogP contribution in [0.25, 0.3) is 0 Å². The number of rotatable bonds is 5. The Balaban J connectivity index is 2.71. The van der Waals surface area contributed by atoms with Gasteiger partial charge < -0.3 is 11.1 Å². The predicted molar refractivity (Wildman–Crippen MR) is 69.9 cm³/mol. The first kappa shape index (κ1) is 12.9. The topological polar surface area (TPSA) is 55.1 Å². The van der Waals surface area contributed by atoms with Crippen LogP contribution in [0.4, 0.5) is 5.69 Å². The molecule has 0 bridgehead atoms. The lowest BCUT2D eigenvalue weighted by Gasteiger charge is -2.07. The third-order valence-electron chi connectivity index (χ3n) is 2.25. The number of nitrogens with one attached hydrogen (secondary N) is 1. The highest BCUT2D eigenvalue weighted by molar-refractivity contribution is 7.99. The van der Waals surface area contributed by atoms with Crippen molar-refractivity contribution in [1.29, 1.82) is 0 Å². The van der Waals surface area contributed by atoms with Gasteiger partial charge in [0.25, 0.3) is 5.91 Å². The van der Waals surface area contributed by atoms with Crippen molar-refractivity contribution in [2.75, 3.05) is 18.5 Å². The van der Waals surface area contributed by atoms with Crippen LogP contribution in [0.1, 0.15) is 30.1 Å². The van der Waals surface area contributed by atoms with Crippen LogP contribution in [-0.2, 0) is 0 Å². The summed E-state index contributed by atoms with van der Waals surface area (Å²) in [4.78, 5) is 12.4. The molecule has 3 N–H and O–H groups in total. The van der Waals surface area contributed by atoms with Crippen LogP contribution in [0.5, 0.6) is 0 Å². The van der Waals surface area contributed by atoms with Gasteiger partial charge in [0, 0.05) is 23.2 Å². The number of anilines is 1. The minimum Gasteiger partial charge on any atom is -0.398 e. The second kappa shape index (κ2) is 6.43. The van der Waals surface area contributed by atoms with Gasteiger partial charge in [-0.2, -0.15) is 0 Å². The van der Waals surface area contributed by atoms with Gasteiger partial charge in [0.05, 0.1) is 0 Å². The number of nitrogens with two attached hydrogens (primary N) is 1. The van der Waals surface area contributed by atoms with Crippen molar-refractivity contribution >= 4 is 23.4 Å². The zero-order valence-corrected chi connectivity index (χ0v) is 10.6. The van der Waals surface area contributed by atoms with E-state index < -0.39 is 0 Å². The molecule has 0 saturated heterocycles. The van der Waals surface area contributed by atoms with Gasteiger partial charge in [-0.15, -0.1) is 11.8 Å². The van der Waals surface area contributed by atoms with Crippen molar-refractivity contribution in [2.24, 2.45) is 0 Å². The zero-order valence-electron chi connectivity index (χ0n) is 9.75. The SMILES string of the molecule is CCCCSc1ccc(C(=O)NC)cc1N. The molecule has 0 aliphatic carbocycles. The maximum Gasteiger partial charge on any atom is 0.251 e. The molecule has 0 radical (unpaired) electrons. The third kappa shape index (κ3) is 3.45. The summed E-state index contributed by atoms with van der Waals surface area (Å²) in [6, 6.07) is 5.46. The second-order valence-electron chi connectivity index (χ2n) is 3.53. The quantitative estimate of drug-likeness (QED) is 0.471. The number of carbonyl (C=O) groups excluding carboxylic acids is 1. The highest BCUT2D eigenvalue weighted by atomic mass is 32.2. The average molecular weight is 238 g/mol.